The molecule has 2 N–H and O–H groups in total. The molecule has 0 atom stereocenters. The second-order valence-electron chi connectivity index (χ2n) is 4.40. The van der Waals surface area contributed by atoms with Crippen LogP contribution < -0.4 is 15.4 Å². The van der Waals surface area contributed by atoms with Gasteiger partial charge in [0.1, 0.15) is 11.4 Å². The summed E-state index contributed by atoms with van der Waals surface area (Å²) in [4.78, 5) is 15.9. The molecule has 5 nitrogen and oxygen atoms in total. The molecule has 0 aliphatic rings. The van der Waals surface area contributed by atoms with Gasteiger partial charge in [0.2, 0.25) is 0 Å². The van der Waals surface area contributed by atoms with Crippen LogP contribution in [0.2, 0.25) is 5.02 Å². The highest BCUT2D eigenvalue weighted by Gasteiger charge is 2.07. The number of carbonyl (C=O) groups excluding carboxylic acids is 1. The fourth-order valence-electron chi connectivity index (χ4n) is 1.80. The maximum Gasteiger partial charge on any atom is 0.270 e. The van der Waals surface area contributed by atoms with Crippen LogP contribution in [0.25, 0.3) is 0 Å². The first-order valence-electron chi connectivity index (χ1n) is 6.59. The highest BCUT2D eigenvalue weighted by Crippen LogP contribution is 2.28. The van der Waals surface area contributed by atoms with Gasteiger partial charge in [0.15, 0.2) is 0 Å². The molecule has 0 bridgehead atoms. The largest absolute Gasteiger partial charge is 0.495 e. The molecule has 114 valence electrons. The van der Waals surface area contributed by atoms with Crippen LogP contribution in [-0.4, -0.2) is 24.5 Å². The maximum atomic E-state index is 11.9. The van der Waals surface area contributed by atoms with Crippen LogP contribution in [-0.2, 0) is 0 Å². The van der Waals surface area contributed by atoms with Crippen LogP contribution in [0.4, 0.5) is 11.4 Å². The second kappa shape index (κ2) is 7.47. The number of carbonyl (C=O) groups is 1. The average Bonchev–Trinajstić information content (AvgIpc) is 2.53. The number of pyridine rings is 1. The van der Waals surface area contributed by atoms with Crippen LogP contribution >= 0.6 is 11.6 Å². The zero-order valence-corrected chi connectivity index (χ0v) is 12.9. The number of hydrogen-bond donors (Lipinski definition) is 2. The quantitative estimate of drug-likeness (QED) is 0.801. The molecule has 0 aliphatic heterocycles. The van der Waals surface area contributed by atoms with Gasteiger partial charge in [-0.1, -0.05) is 17.7 Å². The van der Waals surface area contributed by atoms with Crippen molar-refractivity contribution in [2.24, 2.45) is 0 Å². The fourth-order valence-corrected chi connectivity index (χ4v) is 2.06. The van der Waals surface area contributed by atoms with E-state index in [1.807, 2.05) is 6.07 Å². The molecule has 1 heterocycles. The predicted octanol–water partition coefficient (Wildman–Crippen LogP) is 3.40. The number of benzene rings is 1. The molecule has 0 aliphatic carbocycles. The molecule has 0 saturated heterocycles. The summed E-state index contributed by atoms with van der Waals surface area (Å²) in [6.07, 6.45) is 3.18. The van der Waals surface area contributed by atoms with Crippen molar-refractivity contribution in [1.29, 1.82) is 0 Å². The SMILES string of the molecule is C=CCNC(=O)c1cc(Nc2ccc(OC)c(Cl)c2)ccn1. The van der Waals surface area contributed by atoms with E-state index in [-0.39, 0.29) is 5.91 Å². The van der Waals surface area contributed by atoms with Crippen molar-refractivity contribution in [3.05, 3.63) is 59.9 Å². The zero-order chi connectivity index (χ0) is 15.9. The van der Waals surface area contributed by atoms with Gasteiger partial charge in [-0.3, -0.25) is 9.78 Å². The van der Waals surface area contributed by atoms with Crippen LogP contribution in [0.5, 0.6) is 5.75 Å². The number of aromatic nitrogens is 1. The van der Waals surface area contributed by atoms with Gasteiger partial charge in [-0.25, -0.2) is 0 Å². The molecule has 0 radical (unpaired) electrons. The lowest BCUT2D eigenvalue weighted by Crippen LogP contribution is -2.24. The number of hydrogen-bond acceptors (Lipinski definition) is 4. The Hall–Kier alpha value is -2.53. The lowest BCUT2D eigenvalue weighted by atomic mass is 10.2. The smallest absolute Gasteiger partial charge is 0.270 e. The summed E-state index contributed by atoms with van der Waals surface area (Å²) in [5.74, 6) is 0.350. The third-order valence-corrected chi connectivity index (χ3v) is 3.14. The predicted molar refractivity (Wildman–Crippen MR) is 88.1 cm³/mol. The van der Waals surface area contributed by atoms with Crippen LogP contribution in [0.15, 0.2) is 49.2 Å². The number of halogens is 1. The monoisotopic (exact) mass is 317 g/mol. The third-order valence-electron chi connectivity index (χ3n) is 2.84. The van der Waals surface area contributed by atoms with E-state index in [1.165, 1.54) is 0 Å². The van der Waals surface area contributed by atoms with Crippen molar-refractivity contribution in [2.75, 3.05) is 19.0 Å². The number of anilines is 2. The molecule has 2 aromatic rings. The van der Waals surface area contributed by atoms with Crippen LogP contribution in [0, 0.1) is 0 Å². The van der Waals surface area contributed by atoms with Gasteiger partial charge in [0.25, 0.3) is 5.91 Å². The van der Waals surface area contributed by atoms with Gasteiger partial charge in [-0.2, -0.15) is 0 Å². The molecule has 1 aromatic carbocycles. The minimum atomic E-state index is -0.253. The van der Waals surface area contributed by atoms with Gasteiger partial charge in [-0.15, -0.1) is 6.58 Å². The van der Waals surface area contributed by atoms with E-state index in [2.05, 4.69) is 22.2 Å². The van der Waals surface area contributed by atoms with Gasteiger partial charge in [0.05, 0.1) is 12.1 Å². The molecule has 2 rings (SSSR count). The number of ether oxygens (including phenoxy) is 1. The van der Waals surface area contributed by atoms with Gasteiger partial charge in [-0.05, 0) is 30.3 Å². The Morgan fingerprint density at radius 1 is 1.36 bits per heavy atom. The van der Waals surface area contributed by atoms with Crippen molar-refractivity contribution < 1.29 is 9.53 Å². The Balaban J connectivity index is 2.14. The summed E-state index contributed by atoms with van der Waals surface area (Å²) in [7, 11) is 1.56. The number of rotatable bonds is 6. The molecule has 0 fully saturated rings. The summed E-state index contributed by atoms with van der Waals surface area (Å²) in [6.45, 7) is 3.95. The Bertz CT molecular complexity index is 689. The molecule has 6 heteroatoms. The summed E-state index contributed by atoms with van der Waals surface area (Å²) < 4.78 is 5.11. The summed E-state index contributed by atoms with van der Waals surface area (Å²) in [6, 6.07) is 8.78. The topological polar surface area (TPSA) is 63.2 Å². The van der Waals surface area contributed by atoms with Crippen molar-refractivity contribution in [3.63, 3.8) is 0 Å². The molecular formula is C16H16ClN3O2. The molecule has 0 saturated carbocycles. The van der Waals surface area contributed by atoms with E-state index in [0.717, 1.165) is 11.4 Å². The molecule has 1 aromatic heterocycles. The minimum absolute atomic E-state index is 0.253. The normalized spacial score (nSPS) is 9.91. The van der Waals surface area contributed by atoms with Gasteiger partial charge >= 0.3 is 0 Å². The number of nitrogens with zero attached hydrogens (tertiary/aromatic N) is 1. The first-order chi connectivity index (χ1) is 10.6. The number of nitrogens with one attached hydrogen (secondary N) is 2. The van der Waals surface area contributed by atoms with Crippen LogP contribution in [0.1, 0.15) is 10.5 Å². The Kier molecular flexibility index (Phi) is 5.38. The first-order valence-corrected chi connectivity index (χ1v) is 6.97. The van der Waals surface area contributed by atoms with E-state index in [1.54, 1.807) is 43.6 Å². The van der Waals surface area contributed by atoms with E-state index in [4.69, 9.17) is 16.3 Å². The standard InChI is InChI=1S/C16H16ClN3O2/c1-3-7-19-16(21)14-10-12(6-8-18-14)20-11-4-5-15(22-2)13(17)9-11/h3-6,8-10H,1,7H2,2H3,(H,18,20)(H,19,21). The lowest BCUT2D eigenvalue weighted by Gasteiger charge is -2.10. The van der Waals surface area contributed by atoms with E-state index < -0.39 is 0 Å². The highest BCUT2D eigenvalue weighted by atomic mass is 35.5. The van der Waals surface area contributed by atoms with Crippen molar-refractivity contribution in [1.82, 2.24) is 10.3 Å². The molecule has 1 amide bonds. The van der Waals surface area contributed by atoms with Gasteiger partial charge in [0, 0.05) is 24.1 Å². The Morgan fingerprint density at radius 3 is 2.82 bits per heavy atom. The molecular weight excluding hydrogens is 302 g/mol. The number of methoxy groups -OCH3 is 1. The first kappa shape index (κ1) is 15.9. The van der Waals surface area contributed by atoms with Crippen molar-refractivity contribution in [2.45, 2.75) is 0 Å². The highest BCUT2D eigenvalue weighted by molar-refractivity contribution is 6.32. The number of amides is 1. The Labute approximate surface area is 134 Å². The zero-order valence-electron chi connectivity index (χ0n) is 12.1. The summed E-state index contributed by atoms with van der Waals surface area (Å²) in [5.41, 5.74) is 1.85. The fraction of sp³-hybridized carbons (Fsp3) is 0.125. The van der Waals surface area contributed by atoms with Gasteiger partial charge < -0.3 is 15.4 Å². The third kappa shape index (κ3) is 3.99. The van der Waals surface area contributed by atoms with Crippen molar-refractivity contribution in [3.8, 4) is 5.75 Å². The van der Waals surface area contributed by atoms with Crippen LogP contribution in [0.3, 0.4) is 0 Å². The van der Waals surface area contributed by atoms with E-state index in [0.29, 0.717) is 23.0 Å². The Morgan fingerprint density at radius 2 is 2.14 bits per heavy atom. The molecule has 0 spiro atoms. The minimum Gasteiger partial charge on any atom is -0.495 e. The average molecular weight is 318 g/mol. The molecule has 0 unspecified atom stereocenters. The lowest BCUT2D eigenvalue weighted by molar-refractivity contribution is 0.0953. The summed E-state index contributed by atoms with van der Waals surface area (Å²) in [5, 5.41) is 6.35. The van der Waals surface area contributed by atoms with E-state index >= 15 is 0 Å². The molecule has 22 heavy (non-hydrogen) atoms. The second-order valence-corrected chi connectivity index (χ2v) is 4.81. The van der Waals surface area contributed by atoms with Crippen molar-refractivity contribution >= 4 is 28.9 Å². The van der Waals surface area contributed by atoms with E-state index in [9.17, 15) is 4.79 Å². The maximum absolute atomic E-state index is 11.9. The summed E-state index contributed by atoms with van der Waals surface area (Å²) >= 11 is 6.08.